The lowest BCUT2D eigenvalue weighted by Crippen LogP contribution is -1.78. The molecule has 0 N–H and O–H groups in total. The van der Waals surface area contributed by atoms with Crippen LogP contribution in [0, 0.1) is 5.82 Å². The van der Waals surface area contributed by atoms with E-state index in [1.807, 2.05) is 24.3 Å². The Hall–Kier alpha value is -2.41. The smallest absolute Gasteiger partial charge is 0.123 e. The van der Waals surface area contributed by atoms with E-state index in [1.54, 1.807) is 12.1 Å². The SMILES string of the molecule is Fc1ccc(C=Cc2cccc3ccccc23)cc1. The highest BCUT2D eigenvalue weighted by atomic mass is 19.1. The van der Waals surface area contributed by atoms with Crippen molar-refractivity contribution in [1.82, 2.24) is 0 Å². The summed E-state index contributed by atoms with van der Waals surface area (Å²) < 4.78 is 12.8. The topological polar surface area (TPSA) is 0 Å². The van der Waals surface area contributed by atoms with Gasteiger partial charge in [-0.05, 0) is 34.0 Å². The van der Waals surface area contributed by atoms with Gasteiger partial charge in [0, 0.05) is 0 Å². The molecule has 0 nitrogen and oxygen atoms in total. The Labute approximate surface area is 111 Å². The molecule has 0 unspecified atom stereocenters. The van der Waals surface area contributed by atoms with Crippen molar-refractivity contribution in [1.29, 1.82) is 0 Å². The standard InChI is InChI=1S/C18H13F/c19-17-12-9-14(10-13-17)8-11-16-6-3-5-15-4-1-2-7-18(15)16/h1-13H. The molecule has 0 aliphatic rings. The summed E-state index contributed by atoms with van der Waals surface area (Å²) in [6.07, 6.45) is 4.07. The van der Waals surface area contributed by atoms with E-state index in [4.69, 9.17) is 0 Å². The first-order chi connectivity index (χ1) is 9.33. The average Bonchev–Trinajstić information content (AvgIpc) is 2.47. The fraction of sp³-hybridized carbons (Fsp3) is 0. The largest absolute Gasteiger partial charge is 0.207 e. The minimum absolute atomic E-state index is 0.206. The van der Waals surface area contributed by atoms with Crippen LogP contribution in [0.2, 0.25) is 0 Å². The molecule has 0 heterocycles. The van der Waals surface area contributed by atoms with Gasteiger partial charge in [-0.15, -0.1) is 0 Å². The Morgan fingerprint density at radius 3 is 2.26 bits per heavy atom. The molecule has 3 rings (SSSR count). The quantitative estimate of drug-likeness (QED) is 0.550. The predicted molar refractivity (Wildman–Crippen MR) is 79.3 cm³/mol. The van der Waals surface area contributed by atoms with E-state index >= 15 is 0 Å². The Kier molecular flexibility index (Phi) is 3.11. The van der Waals surface area contributed by atoms with Gasteiger partial charge < -0.3 is 0 Å². The molecule has 3 aromatic carbocycles. The van der Waals surface area contributed by atoms with Crippen LogP contribution in [0.4, 0.5) is 4.39 Å². The Morgan fingerprint density at radius 2 is 1.42 bits per heavy atom. The summed E-state index contributed by atoms with van der Waals surface area (Å²) in [7, 11) is 0. The number of fused-ring (bicyclic) bond motifs is 1. The highest BCUT2D eigenvalue weighted by molar-refractivity contribution is 5.92. The molecule has 1 heteroatoms. The molecule has 0 atom stereocenters. The van der Waals surface area contributed by atoms with E-state index < -0.39 is 0 Å². The summed E-state index contributed by atoms with van der Waals surface area (Å²) in [5.74, 6) is -0.206. The number of hydrogen-bond acceptors (Lipinski definition) is 0. The molecule has 0 aromatic heterocycles. The third-order valence-corrected chi connectivity index (χ3v) is 3.15. The lowest BCUT2D eigenvalue weighted by atomic mass is 10.0. The third-order valence-electron chi connectivity index (χ3n) is 3.15. The number of hydrogen-bond donors (Lipinski definition) is 0. The summed E-state index contributed by atoms with van der Waals surface area (Å²) in [4.78, 5) is 0. The first kappa shape index (κ1) is 11.7. The van der Waals surface area contributed by atoms with Crippen LogP contribution >= 0.6 is 0 Å². The molecule has 0 spiro atoms. The number of rotatable bonds is 2. The maximum atomic E-state index is 12.8. The fourth-order valence-electron chi connectivity index (χ4n) is 2.16. The molecule has 0 aliphatic heterocycles. The molecule has 0 fully saturated rings. The van der Waals surface area contributed by atoms with Gasteiger partial charge in [0.15, 0.2) is 0 Å². The van der Waals surface area contributed by atoms with Gasteiger partial charge in [-0.25, -0.2) is 4.39 Å². The normalized spacial score (nSPS) is 11.2. The van der Waals surface area contributed by atoms with Gasteiger partial charge >= 0.3 is 0 Å². The van der Waals surface area contributed by atoms with E-state index in [1.165, 1.54) is 28.5 Å². The van der Waals surface area contributed by atoms with Crippen LogP contribution in [0.1, 0.15) is 11.1 Å². The Bertz CT molecular complexity index is 719. The van der Waals surface area contributed by atoms with E-state index in [-0.39, 0.29) is 5.82 Å². The zero-order valence-corrected chi connectivity index (χ0v) is 10.4. The van der Waals surface area contributed by atoms with Gasteiger partial charge in [0.05, 0.1) is 0 Å². The van der Waals surface area contributed by atoms with Crippen molar-refractivity contribution in [3.05, 3.63) is 83.7 Å². The first-order valence-electron chi connectivity index (χ1n) is 6.24. The van der Waals surface area contributed by atoms with Crippen LogP contribution in [0.5, 0.6) is 0 Å². The second-order valence-corrected chi connectivity index (χ2v) is 4.45. The van der Waals surface area contributed by atoms with E-state index in [0.29, 0.717) is 0 Å². The van der Waals surface area contributed by atoms with Crippen LogP contribution in [0.3, 0.4) is 0 Å². The molecular weight excluding hydrogens is 235 g/mol. The van der Waals surface area contributed by atoms with Gasteiger partial charge in [0.25, 0.3) is 0 Å². The van der Waals surface area contributed by atoms with Crippen LogP contribution in [-0.2, 0) is 0 Å². The second kappa shape index (κ2) is 5.07. The Balaban J connectivity index is 1.99. The van der Waals surface area contributed by atoms with Gasteiger partial charge in [0.1, 0.15) is 5.82 Å². The van der Waals surface area contributed by atoms with Gasteiger partial charge in [-0.3, -0.25) is 0 Å². The first-order valence-corrected chi connectivity index (χ1v) is 6.24. The van der Waals surface area contributed by atoms with Crippen molar-refractivity contribution >= 4 is 22.9 Å². The lowest BCUT2D eigenvalue weighted by Gasteiger charge is -2.01. The number of benzene rings is 3. The van der Waals surface area contributed by atoms with E-state index in [9.17, 15) is 4.39 Å². The molecule has 0 saturated carbocycles. The zero-order chi connectivity index (χ0) is 13.1. The van der Waals surface area contributed by atoms with Crippen LogP contribution in [0.25, 0.3) is 22.9 Å². The summed E-state index contributed by atoms with van der Waals surface area (Å²) in [5, 5.41) is 2.45. The van der Waals surface area contributed by atoms with Gasteiger partial charge in [-0.1, -0.05) is 66.7 Å². The molecular formula is C18H13F. The molecule has 92 valence electrons. The van der Waals surface area contributed by atoms with Crippen molar-refractivity contribution in [3.8, 4) is 0 Å². The number of halogens is 1. The van der Waals surface area contributed by atoms with E-state index in [2.05, 4.69) is 30.3 Å². The van der Waals surface area contributed by atoms with Crippen LogP contribution in [-0.4, -0.2) is 0 Å². The fourth-order valence-corrected chi connectivity index (χ4v) is 2.16. The molecule has 0 saturated heterocycles. The minimum atomic E-state index is -0.206. The highest BCUT2D eigenvalue weighted by Crippen LogP contribution is 2.20. The van der Waals surface area contributed by atoms with Crippen LogP contribution < -0.4 is 0 Å². The predicted octanol–water partition coefficient (Wildman–Crippen LogP) is 5.15. The van der Waals surface area contributed by atoms with Crippen molar-refractivity contribution in [2.24, 2.45) is 0 Å². The zero-order valence-electron chi connectivity index (χ0n) is 10.4. The van der Waals surface area contributed by atoms with E-state index in [0.717, 1.165) is 5.56 Å². The molecule has 0 aliphatic carbocycles. The van der Waals surface area contributed by atoms with Crippen molar-refractivity contribution in [2.45, 2.75) is 0 Å². The summed E-state index contributed by atoms with van der Waals surface area (Å²) in [6.45, 7) is 0. The minimum Gasteiger partial charge on any atom is -0.207 e. The van der Waals surface area contributed by atoms with Gasteiger partial charge in [-0.2, -0.15) is 0 Å². The molecule has 19 heavy (non-hydrogen) atoms. The maximum absolute atomic E-state index is 12.8. The molecule has 0 amide bonds. The van der Waals surface area contributed by atoms with Crippen molar-refractivity contribution in [3.63, 3.8) is 0 Å². The van der Waals surface area contributed by atoms with Gasteiger partial charge in [0.2, 0.25) is 0 Å². The lowest BCUT2D eigenvalue weighted by molar-refractivity contribution is 0.628. The summed E-state index contributed by atoms with van der Waals surface area (Å²) in [5.41, 5.74) is 2.16. The maximum Gasteiger partial charge on any atom is 0.123 e. The molecule has 0 bridgehead atoms. The van der Waals surface area contributed by atoms with Crippen LogP contribution in [0.15, 0.2) is 66.7 Å². The second-order valence-electron chi connectivity index (χ2n) is 4.45. The average molecular weight is 248 g/mol. The van der Waals surface area contributed by atoms with Crippen molar-refractivity contribution < 1.29 is 4.39 Å². The highest BCUT2D eigenvalue weighted by Gasteiger charge is 1.96. The molecule has 3 aromatic rings. The van der Waals surface area contributed by atoms with Crippen molar-refractivity contribution in [2.75, 3.05) is 0 Å². The Morgan fingerprint density at radius 1 is 0.684 bits per heavy atom. The monoisotopic (exact) mass is 248 g/mol. The third kappa shape index (κ3) is 2.55. The summed E-state index contributed by atoms with van der Waals surface area (Å²) in [6, 6.07) is 21.0. The summed E-state index contributed by atoms with van der Waals surface area (Å²) >= 11 is 0. The molecule has 0 radical (unpaired) electrons.